The molecule has 3 rings (SSSR count). The molecule has 0 unspecified atom stereocenters. The summed E-state index contributed by atoms with van der Waals surface area (Å²) in [7, 11) is 3.32. The van der Waals surface area contributed by atoms with E-state index in [4.69, 9.17) is 17.0 Å². The minimum atomic E-state index is -0.114. The zero-order valence-corrected chi connectivity index (χ0v) is 14.6. The first-order valence-corrected chi connectivity index (χ1v) is 7.96. The normalized spacial score (nSPS) is 16.2. The van der Waals surface area contributed by atoms with Gasteiger partial charge in [0.2, 0.25) is 0 Å². The molecule has 1 fully saturated rings. The van der Waals surface area contributed by atoms with E-state index >= 15 is 0 Å². The van der Waals surface area contributed by atoms with Gasteiger partial charge in [-0.1, -0.05) is 29.8 Å². The number of hydrogen-bond donors (Lipinski definition) is 0. The molecular weight excluding hydrogens is 320 g/mol. The third-order valence-electron chi connectivity index (χ3n) is 3.95. The Morgan fingerprint density at radius 1 is 1.04 bits per heavy atom. The second kappa shape index (κ2) is 6.45. The van der Waals surface area contributed by atoms with Crippen LogP contribution in [0.2, 0.25) is 0 Å². The maximum absolute atomic E-state index is 12.6. The van der Waals surface area contributed by atoms with E-state index in [0.717, 1.165) is 22.6 Å². The summed E-state index contributed by atoms with van der Waals surface area (Å²) in [6.45, 7) is 2.03. The van der Waals surface area contributed by atoms with Crippen LogP contribution in [-0.2, 0) is 4.79 Å². The zero-order chi connectivity index (χ0) is 17.3. The lowest BCUT2D eigenvalue weighted by Gasteiger charge is -2.19. The van der Waals surface area contributed by atoms with Crippen molar-refractivity contribution < 1.29 is 9.53 Å². The van der Waals surface area contributed by atoms with Crippen LogP contribution in [0.1, 0.15) is 11.1 Å². The van der Waals surface area contributed by atoms with Gasteiger partial charge in [0.1, 0.15) is 11.4 Å². The van der Waals surface area contributed by atoms with Crippen LogP contribution in [-0.4, -0.2) is 30.1 Å². The van der Waals surface area contributed by atoms with Gasteiger partial charge in [-0.15, -0.1) is 0 Å². The monoisotopic (exact) mass is 338 g/mol. The third kappa shape index (κ3) is 2.90. The molecular formula is C19H18N2O2S. The maximum Gasteiger partial charge on any atom is 0.276 e. The topological polar surface area (TPSA) is 32.8 Å². The number of benzene rings is 2. The van der Waals surface area contributed by atoms with E-state index in [1.165, 1.54) is 4.90 Å². The van der Waals surface area contributed by atoms with E-state index < -0.39 is 0 Å². The number of aryl methyl sites for hydroxylation is 1. The third-order valence-corrected chi connectivity index (χ3v) is 4.41. The largest absolute Gasteiger partial charge is 0.497 e. The fraction of sp³-hybridized carbons (Fsp3) is 0.158. The number of nitrogens with zero attached hydrogens (tertiary/aromatic N) is 2. The van der Waals surface area contributed by atoms with Crippen LogP contribution in [0.15, 0.2) is 54.2 Å². The van der Waals surface area contributed by atoms with Crippen LogP contribution in [0.25, 0.3) is 6.08 Å². The van der Waals surface area contributed by atoms with Gasteiger partial charge in [-0.05, 0) is 55.0 Å². The smallest absolute Gasteiger partial charge is 0.276 e. The van der Waals surface area contributed by atoms with Crippen LogP contribution in [0.5, 0.6) is 5.75 Å². The molecule has 0 spiro atoms. The highest BCUT2D eigenvalue weighted by molar-refractivity contribution is 7.80. The van der Waals surface area contributed by atoms with E-state index in [0.29, 0.717) is 10.8 Å². The lowest BCUT2D eigenvalue weighted by atomic mass is 10.1. The van der Waals surface area contributed by atoms with Gasteiger partial charge in [0, 0.05) is 12.7 Å². The second-order valence-electron chi connectivity index (χ2n) is 5.62. The van der Waals surface area contributed by atoms with Gasteiger partial charge in [-0.25, -0.2) is 0 Å². The molecule has 122 valence electrons. The van der Waals surface area contributed by atoms with E-state index in [1.807, 2.05) is 61.5 Å². The Balaban J connectivity index is 2.04. The number of likely N-dealkylation sites (N-methyl/N-ethyl adjacent to an activating group) is 1. The lowest BCUT2D eigenvalue weighted by molar-refractivity contribution is -0.121. The fourth-order valence-electron chi connectivity index (χ4n) is 2.54. The average Bonchev–Trinajstić information content (AvgIpc) is 2.81. The Bertz CT molecular complexity index is 810. The van der Waals surface area contributed by atoms with Gasteiger partial charge in [-0.2, -0.15) is 0 Å². The molecule has 4 nitrogen and oxygen atoms in total. The summed E-state index contributed by atoms with van der Waals surface area (Å²) in [6.07, 6.45) is 1.84. The quantitative estimate of drug-likeness (QED) is 0.632. The first-order valence-electron chi connectivity index (χ1n) is 7.56. The highest BCUT2D eigenvalue weighted by Crippen LogP contribution is 2.29. The van der Waals surface area contributed by atoms with E-state index in [9.17, 15) is 4.79 Å². The second-order valence-corrected chi connectivity index (χ2v) is 5.99. The van der Waals surface area contributed by atoms with Crippen LogP contribution < -0.4 is 9.64 Å². The van der Waals surface area contributed by atoms with Crippen LogP contribution in [0.3, 0.4) is 0 Å². The molecule has 2 aromatic rings. The molecule has 1 aliphatic rings. The number of methoxy groups -OCH3 is 1. The Kier molecular flexibility index (Phi) is 4.36. The van der Waals surface area contributed by atoms with E-state index in [-0.39, 0.29) is 5.91 Å². The van der Waals surface area contributed by atoms with Crippen molar-refractivity contribution in [1.82, 2.24) is 4.90 Å². The Morgan fingerprint density at radius 2 is 1.67 bits per heavy atom. The summed E-state index contributed by atoms with van der Waals surface area (Å²) < 4.78 is 5.17. The molecule has 0 aliphatic carbocycles. The molecule has 0 aromatic heterocycles. The molecule has 0 bridgehead atoms. The minimum absolute atomic E-state index is 0.114. The Hall–Kier alpha value is -2.66. The minimum Gasteiger partial charge on any atom is -0.497 e. The van der Waals surface area contributed by atoms with Crippen molar-refractivity contribution >= 4 is 35.0 Å². The molecule has 24 heavy (non-hydrogen) atoms. The van der Waals surface area contributed by atoms with Gasteiger partial charge in [0.05, 0.1) is 7.11 Å². The molecule has 0 N–H and O–H groups in total. The van der Waals surface area contributed by atoms with Gasteiger partial charge >= 0.3 is 0 Å². The SMILES string of the molecule is COc1ccc(C=C2C(=O)N(C)C(=S)N2c2ccc(C)cc2)cc1. The number of anilines is 1. The highest BCUT2D eigenvalue weighted by atomic mass is 32.1. The zero-order valence-electron chi connectivity index (χ0n) is 13.8. The number of carbonyl (C=O) groups is 1. The van der Waals surface area contributed by atoms with Gasteiger partial charge < -0.3 is 4.74 Å². The average molecular weight is 338 g/mol. The first-order chi connectivity index (χ1) is 11.5. The number of carbonyl (C=O) groups excluding carboxylic acids is 1. The maximum atomic E-state index is 12.6. The van der Waals surface area contributed by atoms with Crippen LogP contribution >= 0.6 is 12.2 Å². The van der Waals surface area contributed by atoms with Crippen molar-refractivity contribution in [3.63, 3.8) is 0 Å². The molecule has 1 saturated heterocycles. The summed E-state index contributed by atoms with van der Waals surface area (Å²) in [5.41, 5.74) is 3.48. The van der Waals surface area contributed by atoms with Crippen molar-refractivity contribution in [1.29, 1.82) is 0 Å². The predicted octanol–water partition coefficient (Wildman–Crippen LogP) is 3.61. The molecule has 1 heterocycles. The van der Waals surface area contributed by atoms with Crippen molar-refractivity contribution in [2.24, 2.45) is 0 Å². The number of ether oxygens (including phenoxy) is 1. The van der Waals surface area contributed by atoms with Gasteiger partial charge in [0.15, 0.2) is 5.11 Å². The molecule has 1 aliphatic heterocycles. The van der Waals surface area contributed by atoms with E-state index in [1.54, 1.807) is 19.1 Å². The van der Waals surface area contributed by atoms with Gasteiger partial charge in [-0.3, -0.25) is 14.6 Å². The number of thiocarbonyl (C=S) groups is 1. The first kappa shape index (κ1) is 16.2. The summed E-state index contributed by atoms with van der Waals surface area (Å²) >= 11 is 5.46. The number of hydrogen-bond acceptors (Lipinski definition) is 3. The standard InChI is InChI=1S/C19H18N2O2S/c1-13-4-8-15(9-5-13)21-17(18(22)20(2)19(21)24)12-14-6-10-16(23-3)11-7-14/h4-12H,1-3H3. The van der Waals surface area contributed by atoms with Crippen molar-refractivity contribution in [2.75, 3.05) is 19.1 Å². The number of amides is 1. The summed E-state index contributed by atoms with van der Waals surface area (Å²) in [6, 6.07) is 15.5. The molecule has 1 amide bonds. The Labute approximate surface area is 147 Å². The molecule has 0 atom stereocenters. The highest BCUT2D eigenvalue weighted by Gasteiger charge is 2.36. The Morgan fingerprint density at radius 3 is 2.25 bits per heavy atom. The van der Waals surface area contributed by atoms with Crippen molar-refractivity contribution in [3.8, 4) is 5.75 Å². The number of rotatable bonds is 3. The van der Waals surface area contributed by atoms with E-state index in [2.05, 4.69) is 0 Å². The molecule has 2 aromatic carbocycles. The molecule has 5 heteroatoms. The van der Waals surface area contributed by atoms with Crippen LogP contribution in [0.4, 0.5) is 5.69 Å². The van der Waals surface area contributed by atoms with Gasteiger partial charge in [0.25, 0.3) is 5.91 Å². The summed E-state index contributed by atoms with van der Waals surface area (Å²) in [5, 5.41) is 0.476. The molecule has 0 saturated carbocycles. The van der Waals surface area contributed by atoms with Crippen LogP contribution in [0, 0.1) is 6.92 Å². The molecule has 0 radical (unpaired) electrons. The summed E-state index contributed by atoms with van der Waals surface area (Å²) in [5.74, 6) is 0.661. The fourth-order valence-corrected chi connectivity index (χ4v) is 2.82. The summed E-state index contributed by atoms with van der Waals surface area (Å²) in [4.78, 5) is 15.9. The lowest BCUT2D eigenvalue weighted by Crippen LogP contribution is -2.29. The predicted molar refractivity (Wildman–Crippen MR) is 100.0 cm³/mol. The van der Waals surface area contributed by atoms with Crippen molar-refractivity contribution in [2.45, 2.75) is 6.92 Å². The van der Waals surface area contributed by atoms with Crippen molar-refractivity contribution in [3.05, 3.63) is 65.4 Å².